The number of carbonyl (C=O) groups is 1. The zero-order valence-electron chi connectivity index (χ0n) is 19.5. The molecule has 1 aromatic carbocycles. The number of benzene rings is 1. The van der Waals surface area contributed by atoms with E-state index < -0.39 is 0 Å². The van der Waals surface area contributed by atoms with E-state index in [1.807, 2.05) is 24.3 Å². The van der Waals surface area contributed by atoms with Crippen molar-refractivity contribution < 1.29 is 9.53 Å². The van der Waals surface area contributed by atoms with Crippen LogP contribution in [0.15, 0.2) is 41.5 Å². The van der Waals surface area contributed by atoms with Crippen LogP contribution >= 0.6 is 0 Å². The Bertz CT molecular complexity index is 1140. The molecule has 0 spiro atoms. The summed E-state index contributed by atoms with van der Waals surface area (Å²) in [6, 6.07) is 9.15. The van der Waals surface area contributed by atoms with Crippen molar-refractivity contribution in [1.82, 2.24) is 29.6 Å². The van der Waals surface area contributed by atoms with Gasteiger partial charge in [0.15, 0.2) is 0 Å². The molecule has 0 bridgehead atoms. The minimum absolute atomic E-state index is 0.115. The smallest absolute Gasteiger partial charge is 0.293 e. The highest BCUT2D eigenvalue weighted by Gasteiger charge is 2.21. The molecule has 0 saturated carbocycles. The van der Waals surface area contributed by atoms with Gasteiger partial charge in [-0.2, -0.15) is 10.2 Å². The third-order valence-corrected chi connectivity index (χ3v) is 6.09. The van der Waals surface area contributed by atoms with Crippen LogP contribution in [-0.2, 0) is 11.3 Å². The summed E-state index contributed by atoms with van der Waals surface area (Å²) in [7, 11) is 1.61. The normalized spacial score (nSPS) is 19.0. The Morgan fingerprint density at radius 1 is 1.18 bits per heavy atom. The SMILES string of the molecule is COc1ccc(-c2cc3c(=O)n(CC(=O)NCCCN4CC(C)CC(C)C4)ncn3n2)cc1. The van der Waals surface area contributed by atoms with E-state index in [0.717, 1.165) is 49.2 Å². The Kier molecular flexibility index (Phi) is 7.08. The van der Waals surface area contributed by atoms with E-state index in [1.165, 1.54) is 21.9 Å². The summed E-state index contributed by atoms with van der Waals surface area (Å²) >= 11 is 0. The van der Waals surface area contributed by atoms with E-state index in [4.69, 9.17) is 4.74 Å². The van der Waals surface area contributed by atoms with Crippen LogP contribution in [0.2, 0.25) is 0 Å². The zero-order valence-corrected chi connectivity index (χ0v) is 19.5. The van der Waals surface area contributed by atoms with Crippen molar-refractivity contribution in [1.29, 1.82) is 0 Å². The highest BCUT2D eigenvalue weighted by atomic mass is 16.5. The average Bonchev–Trinajstić information content (AvgIpc) is 3.23. The number of hydrogen-bond acceptors (Lipinski definition) is 6. The fourth-order valence-electron chi connectivity index (χ4n) is 4.65. The number of fused-ring (bicyclic) bond motifs is 1. The molecule has 1 aliphatic heterocycles. The standard InChI is InChI=1S/C24H32N6O3/c1-17-11-18(2)14-28(13-17)10-4-9-25-23(31)15-29-24(32)22-12-21(27-30(22)16-26-29)19-5-7-20(33-3)8-6-19/h5-8,12,16-18H,4,9-11,13-15H2,1-3H3,(H,25,31). The lowest BCUT2D eigenvalue weighted by Gasteiger charge is -2.34. The lowest BCUT2D eigenvalue weighted by Crippen LogP contribution is -2.40. The van der Waals surface area contributed by atoms with E-state index in [0.29, 0.717) is 17.8 Å². The molecule has 0 radical (unpaired) electrons. The Morgan fingerprint density at radius 2 is 1.91 bits per heavy atom. The maximum absolute atomic E-state index is 12.8. The number of likely N-dealkylation sites (tertiary alicyclic amines) is 1. The molecule has 33 heavy (non-hydrogen) atoms. The van der Waals surface area contributed by atoms with Gasteiger partial charge in [0.05, 0.1) is 12.8 Å². The van der Waals surface area contributed by atoms with E-state index in [-0.39, 0.29) is 18.0 Å². The molecule has 3 heterocycles. The highest BCUT2D eigenvalue weighted by molar-refractivity contribution is 5.75. The zero-order chi connectivity index (χ0) is 23.4. The van der Waals surface area contributed by atoms with Gasteiger partial charge in [-0.15, -0.1) is 0 Å². The quantitative estimate of drug-likeness (QED) is 0.526. The van der Waals surface area contributed by atoms with Crippen molar-refractivity contribution in [2.24, 2.45) is 11.8 Å². The summed E-state index contributed by atoms with van der Waals surface area (Å²) in [5, 5.41) is 11.5. The van der Waals surface area contributed by atoms with Gasteiger partial charge in [0.2, 0.25) is 5.91 Å². The number of ether oxygens (including phenoxy) is 1. The van der Waals surface area contributed by atoms with Gasteiger partial charge in [0.1, 0.15) is 24.1 Å². The number of aromatic nitrogens is 4. The Morgan fingerprint density at radius 3 is 2.61 bits per heavy atom. The first-order valence-electron chi connectivity index (χ1n) is 11.5. The lowest BCUT2D eigenvalue weighted by molar-refractivity contribution is -0.121. The van der Waals surface area contributed by atoms with E-state index in [9.17, 15) is 9.59 Å². The van der Waals surface area contributed by atoms with Crippen molar-refractivity contribution in [3.8, 4) is 17.0 Å². The maximum atomic E-state index is 12.8. The second-order valence-electron chi connectivity index (χ2n) is 9.09. The summed E-state index contributed by atoms with van der Waals surface area (Å²) in [6.07, 6.45) is 3.63. The molecule has 1 aliphatic rings. The van der Waals surface area contributed by atoms with Crippen LogP contribution in [0.3, 0.4) is 0 Å². The first-order chi connectivity index (χ1) is 15.9. The Labute approximate surface area is 193 Å². The molecule has 2 aromatic heterocycles. The Balaban J connectivity index is 1.33. The Hall–Kier alpha value is -3.20. The molecule has 2 unspecified atom stereocenters. The topological polar surface area (TPSA) is 93.8 Å². The molecule has 9 nitrogen and oxygen atoms in total. The third kappa shape index (κ3) is 5.60. The number of methoxy groups -OCH3 is 1. The summed E-state index contributed by atoms with van der Waals surface area (Å²) in [5.41, 5.74) is 1.54. The summed E-state index contributed by atoms with van der Waals surface area (Å²) in [6.45, 7) is 8.30. The molecule has 1 fully saturated rings. The molecular weight excluding hydrogens is 420 g/mol. The van der Waals surface area contributed by atoms with Crippen LogP contribution in [0.25, 0.3) is 16.8 Å². The second-order valence-corrected chi connectivity index (χ2v) is 9.09. The van der Waals surface area contributed by atoms with E-state index >= 15 is 0 Å². The molecule has 1 saturated heterocycles. The van der Waals surface area contributed by atoms with Gasteiger partial charge in [0.25, 0.3) is 5.56 Å². The number of piperidine rings is 1. The van der Waals surface area contributed by atoms with Crippen molar-refractivity contribution >= 4 is 11.4 Å². The van der Waals surface area contributed by atoms with Gasteiger partial charge in [0, 0.05) is 25.2 Å². The van der Waals surface area contributed by atoms with Gasteiger partial charge in [-0.05, 0) is 61.6 Å². The lowest BCUT2D eigenvalue weighted by atomic mass is 9.92. The number of rotatable bonds is 8. The first kappa shape index (κ1) is 23.0. The van der Waals surface area contributed by atoms with Crippen LogP contribution in [0.1, 0.15) is 26.7 Å². The van der Waals surface area contributed by atoms with Crippen LogP contribution in [-0.4, -0.2) is 63.5 Å². The summed E-state index contributed by atoms with van der Waals surface area (Å²) in [5.74, 6) is 1.98. The number of nitrogens with zero attached hydrogens (tertiary/aromatic N) is 5. The minimum atomic E-state index is -0.351. The molecule has 4 rings (SSSR count). The number of nitrogens with one attached hydrogen (secondary N) is 1. The monoisotopic (exact) mass is 452 g/mol. The number of amides is 1. The fraction of sp³-hybridized carbons (Fsp3) is 0.500. The predicted octanol–water partition coefficient (Wildman–Crippen LogP) is 2.05. The van der Waals surface area contributed by atoms with Crippen molar-refractivity contribution in [3.05, 3.63) is 47.0 Å². The average molecular weight is 453 g/mol. The number of carbonyl (C=O) groups excluding carboxylic acids is 1. The largest absolute Gasteiger partial charge is 0.497 e. The highest BCUT2D eigenvalue weighted by Crippen LogP contribution is 2.22. The van der Waals surface area contributed by atoms with Crippen LogP contribution in [0.5, 0.6) is 5.75 Å². The molecule has 2 atom stereocenters. The van der Waals surface area contributed by atoms with Crippen molar-refractivity contribution in [2.45, 2.75) is 33.2 Å². The molecule has 9 heteroatoms. The van der Waals surface area contributed by atoms with Gasteiger partial charge in [-0.1, -0.05) is 13.8 Å². The molecule has 1 amide bonds. The predicted molar refractivity (Wildman–Crippen MR) is 126 cm³/mol. The van der Waals surface area contributed by atoms with E-state index in [1.54, 1.807) is 13.2 Å². The summed E-state index contributed by atoms with van der Waals surface area (Å²) in [4.78, 5) is 27.7. The first-order valence-corrected chi connectivity index (χ1v) is 11.5. The molecule has 176 valence electrons. The van der Waals surface area contributed by atoms with E-state index in [2.05, 4.69) is 34.3 Å². The molecule has 3 aromatic rings. The second kappa shape index (κ2) is 10.2. The summed E-state index contributed by atoms with van der Waals surface area (Å²) < 4.78 is 7.80. The van der Waals surface area contributed by atoms with Crippen molar-refractivity contribution in [3.63, 3.8) is 0 Å². The fourth-order valence-corrected chi connectivity index (χ4v) is 4.65. The molecular formula is C24H32N6O3. The van der Waals surface area contributed by atoms with Crippen molar-refractivity contribution in [2.75, 3.05) is 33.3 Å². The van der Waals surface area contributed by atoms with Crippen LogP contribution in [0.4, 0.5) is 0 Å². The van der Waals surface area contributed by atoms with Gasteiger partial charge < -0.3 is 15.0 Å². The van der Waals surface area contributed by atoms with Crippen LogP contribution in [0, 0.1) is 11.8 Å². The molecule has 1 N–H and O–H groups in total. The van der Waals surface area contributed by atoms with Gasteiger partial charge >= 0.3 is 0 Å². The minimum Gasteiger partial charge on any atom is -0.497 e. The molecule has 0 aliphatic carbocycles. The number of hydrogen-bond donors (Lipinski definition) is 1. The third-order valence-electron chi connectivity index (χ3n) is 6.09. The van der Waals surface area contributed by atoms with Gasteiger partial charge in [-0.25, -0.2) is 9.20 Å². The van der Waals surface area contributed by atoms with Crippen LogP contribution < -0.4 is 15.6 Å². The maximum Gasteiger partial charge on any atom is 0.293 e. The van der Waals surface area contributed by atoms with Gasteiger partial charge in [-0.3, -0.25) is 9.59 Å².